The van der Waals surface area contributed by atoms with E-state index < -0.39 is 0 Å². The molecule has 138 valence electrons. The van der Waals surface area contributed by atoms with Gasteiger partial charge in [-0.15, -0.1) is 11.3 Å². The number of thiophene rings is 1. The van der Waals surface area contributed by atoms with E-state index in [2.05, 4.69) is 15.5 Å². The smallest absolute Gasteiger partial charge is 0.317 e. The molecule has 1 fully saturated rings. The SMILES string of the molecule is Cc1ccc(C(=O)N2CCN(C(=O)NC3CCc4cn[nH]c4C3)CC2)s1. The monoisotopic (exact) mass is 373 g/mol. The molecule has 26 heavy (non-hydrogen) atoms. The van der Waals surface area contributed by atoms with Crippen LogP contribution in [0.5, 0.6) is 0 Å². The fraction of sp³-hybridized carbons (Fsp3) is 0.500. The molecule has 0 spiro atoms. The van der Waals surface area contributed by atoms with Crippen LogP contribution in [0.25, 0.3) is 0 Å². The van der Waals surface area contributed by atoms with Crippen molar-refractivity contribution in [1.29, 1.82) is 0 Å². The van der Waals surface area contributed by atoms with Crippen LogP contribution in [-0.4, -0.2) is 64.2 Å². The van der Waals surface area contributed by atoms with Crippen LogP contribution in [0.4, 0.5) is 4.79 Å². The molecule has 2 aliphatic rings. The van der Waals surface area contributed by atoms with E-state index in [1.54, 1.807) is 0 Å². The molecule has 4 rings (SSSR count). The Hall–Kier alpha value is -2.35. The van der Waals surface area contributed by atoms with Crippen LogP contribution in [0.1, 0.15) is 32.2 Å². The second-order valence-electron chi connectivity index (χ2n) is 6.95. The Labute approximate surface area is 156 Å². The average Bonchev–Trinajstić information content (AvgIpc) is 3.29. The summed E-state index contributed by atoms with van der Waals surface area (Å²) in [6, 6.07) is 3.96. The summed E-state index contributed by atoms with van der Waals surface area (Å²) in [4.78, 5) is 30.6. The van der Waals surface area contributed by atoms with Crippen molar-refractivity contribution in [2.75, 3.05) is 26.2 Å². The van der Waals surface area contributed by atoms with Crippen LogP contribution >= 0.6 is 11.3 Å². The summed E-state index contributed by atoms with van der Waals surface area (Å²) in [5, 5.41) is 10.2. The number of aryl methyl sites for hydroxylation is 2. The van der Waals surface area contributed by atoms with Crippen molar-refractivity contribution in [1.82, 2.24) is 25.3 Å². The fourth-order valence-electron chi connectivity index (χ4n) is 3.62. The molecule has 1 unspecified atom stereocenters. The van der Waals surface area contributed by atoms with Gasteiger partial charge in [-0.25, -0.2) is 4.79 Å². The van der Waals surface area contributed by atoms with E-state index in [-0.39, 0.29) is 18.0 Å². The molecule has 3 heterocycles. The maximum atomic E-state index is 12.6. The van der Waals surface area contributed by atoms with E-state index >= 15 is 0 Å². The first-order chi connectivity index (χ1) is 12.6. The molecule has 7 nitrogen and oxygen atoms in total. The molecule has 1 aliphatic carbocycles. The molecule has 8 heteroatoms. The highest BCUT2D eigenvalue weighted by molar-refractivity contribution is 7.13. The summed E-state index contributed by atoms with van der Waals surface area (Å²) in [5.41, 5.74) is 2.38. The third-order valence-corrected chi connectivity index (χ3v) is 6.14. The van der Waals surface area contributed by atoms with E-state index in [9.17, 15) is 9.59 Å². The van der Waals surface area contributed by atoms with Crippen molar-refractivity contribution >= 4 is 23.3 Å². The lowest BCUT2D eigenvalue weighted by molar-refractivity contribution is 0.0668. The largest absolute Gasteiger partial charge is 0.335 e. The highest BCUT2D eigenvalue weighted by Gasteiger charge is 2.28. The molecule has 0 radical (unpaired) electrons. The van der Waals surface area contributed by atoms with Gasteiger partial charge in [0.05, 0.1) is 11.1 Å². The quantitative estimate of drug-likeness (QED) is 0.842. The Kier molecular flexibility index (Phi) is 4.67. The predicted octanol–water partition coefficient (Wildman–Crippen LogP) is 1.80. The van der Waals surface area contributed by atoms with Crippen LogP contribution in [-0.2, 0) is 12.8 Å². The standard InChI is InChI=1S/C18H23N5O2S/c1-12-2-5-16(26-12)17(24)22-6-8-23(9-7-22)18(25)20-14-4-3-13-11-19-21-15(13)10-14/h2,5,11,14H,3-4,6-10H2,1H3,(H,19,21)(H,20,25). The van der Waals surface area contributed by atoms with Gasteiger partial charge < -0.3 is 15.1 Å². The molecule has 0 aromatic carbocycles. The van der Waals surface area contributed by atoms with Crippen molar-refractivity contribution < 1.29 is 9.59 Å². The van der Waals surface area contributed by atoms with Crippen molar-refractivity contribution in [3.63, 3.8) is 0 Å². The van der Waals surface area contributed by atoms with Crippen molar-refractivity contribution in [3.05, 3.63) is 39.3 Å². The Morgan fingerprint density at radius 3 is 2.73 bits per heavy atom. The molecule has 2 N–H and O–H groups in total. The number of aromatic nitrogens is 2. The molecule has 3 amide bonds. The zero-order valence-corrected chi connectivity index (χ0v) is 15.6. The fourth-order valence-corrected chi connectivity index (χ4v) is 4.45. The minimum Gasteiger partial charge on any atom is -0.335 e. The zero-order valence-electron chi connectivity index (χ0n) is 14.8. The van der Waals surface area contributed by atoms with Gasteiger partial charge in [-0.05, 0) is 37.5 Å². The summed E-state index contributed by atoms with van der Waals surface area (Å²) in [6.45, 7) is 4.31. The van der Waals surface area contributed by atoms with E-state index in [0.29, 0.717) is 26.2 Å². The second kappa shape index (κ2) is 7.11. The summed E-state index contributed by atoms with van der Waals surface area (Å²) in [5.74, 6) is 0.0715. The number of carbonyl (C=O) groups excluding carboxylic acids is 2. The lowest BCUT2D eigenvalue weighted by atomic mass is 9.94. The number of urea groups is 1. The molecule has 2 aromatic rings. The molecular weight excluding hydrogens is 350 g/mol. The highest BCUT2D eigenvalue weighted by Crippen LogP contribution is 2.20. The number of nitrogens with zero attached hydrogens (tertiary/aromatic N) is 3. The number of aromatic amines is 1. The summed E-state index contributed by atoms with van der Waals surface area (Å²) < 4.78 is 0. The third-order valence-electron chi connectivity index (χ3n) is 5.15. The number of rotatable bonds is 2. The van der Waals surface area contributed by atoms with Gasteiger partial charge in [0.25, 0.3) is 5.91 Å². The van der Waals surface area contributed by atoms with Crippen molar-refractivity contribution in [2.45, 2.75) is 32.2 Å². The number of carbonyl (C=O) groups is 2. The van der Waals surface area contributed by atoms with E-state index in [1.165, 1.54) is 16.9 Å². The summed E-state index contributed by atoms with van der Waals surface area (Å²) in [7, 11) is 0. The van der Waals surface area contributed by atoms with E-state index in [0.717, 1.165) is 34.7 Å². The van der Waals surface area contributed by atoms with Gasteiger partial charge >= 0.3 is 6.03 Å². The Bertz CT molecular complexity index is 806. The first-order valence-corrected chi connectivity index (χ1v) is 9.84. The van der Waals surface area contributed by atoms with Crippen molar-refractivity contribution in [3.8, 4) is 0 Å². The minimum absolute atomic E-state index is 0.0305. The number of hydrogen-bond donors (Lipinski definition) is 2. The normalized spacial score (nSPS) is 20.0. The molecule has 2 aromatic heterocycles. The van der Waals surface area contributed by atoms with Gasteiger partial charge in [0.1, 0.15) is 0 Å². The van der Waals surface area contributed by atoms with Crippen LogP contribution in [0.3, 0.4) is 0 Å². The molecule has 1 aliphatic heterocycles. The number of hydrogen-bond acceptors (Lipinski definition) is 4. The van der Waals surface area contributed by atoms with Crippen LogP contribution < -0.4 is 5.32 Å². The Balaban J connectivity index is 1.28. The number of H-pyrrole nitrogens is 1. The number of nitrogens with one attached hydrogen (secondary N) is 2. The van der Waals surface area contributed by atoms with Crippen LogP contribution in [0, 0.1) is 6.92 Å². The average molecular weight is 373 g/mol. The maximum Gasteiger partial charge on any atom is 0.317 e. The Morgan fingerprint density at radius 2 is 2.00 bits per heavy atom. The van der Waals surface area contributed by atoms with Gasteiger partial charge in [0, 0.05) is 49.2 Å². The molecule has 1 saturated heterocycles. The first-order valence-electron chi connectivity index (χ1n) is 9.02. The number of piperazine rings is 1. The highest BCUT2D eigenvalue weighted by atomic mass is 32.1. The molecule has 1 atom stereocenters. The second-order valence-corrected chi connectivity index (χ2v) is 8.24. The van der Waals surface area contributed by atoms with Crippen molar-refractivity contribution in [2.24, 2.45) is 0 Å². The molecular formula is C18H23N5O2S. The lowest BCUT2D eigenvalue weighted by Gasteiger charge is -2.35. The zero-order chi connectivity index (χ0) is 18.1. The van der Waals surface area contributed by atoms with Gasteiger partial charge in [-0.2, -0.15) is 5.10 Å². The van der Waals surface area contributed by atoms with Gasteiger partial charge in [-0.3, -0.25) is 9.89 Å². The predicted molar refractivity (Wildman–Crippen MR) is 99.5 cm³/mol. The van der Waals surface area contributed by atoms with Gasteiger partial charge in [0.15, 0.2) is 0 Å². The van der Waals surface area contributed by atoms with Crippen LogP contribution in [0.2, 0.25) is 0 Å². The lowest BCUT2D eigenvalue weighted by Crippen LogP contribution is -2.55. The number of amides is 3. The third kappa shape index (κ3) is 3.46. The first kappa shape index (κ1) is 17.1. The Morgan fingerprint density at radius 1 is 1.23 bits per heavy atom. The summed E-state index contributed by atoms with van der Waals surface area (Å²) in [6.07, 6.45) is 4.56. The summed E-state index contributed by atoms with van der Waals surface area (Å²) >= 11 is 1.52. The number of fused-ring (bicyclic) bond motifs is 1. The van der Waals surface area contributed by atoms with Gasteiger partial charge in [0.2, 0.25) is 0 Å². The van der Waals surface area contributed by atoms with E-state index in [4.69, 9.17) is 0 Å². The molecule has 0 bridgehead atoms. The maximum absolute atomic E-state index is 12.6. The minimum atomic E-state index is -0.0305. The topological polar surface area (TPSA) is 81.3 Å². The van der Waals surface area contributed by atoms with E-state index in [1.807, 2.05) is 35.1 Å². The van der Waals surface area contributed by atoms with Gasteiger partial charge in [-0.1, -0.05) is 0 Å². The van der Waals surface area contributed by atoms with Crippen LogP contribution in [0.15, 0.2) is 18.3 Å². The molecule has 0 saturated carbocycles.